The van der Waals surface area contributed by atoms with Gasteiger partial charge in [-0.2, -0.15) is 0 Å². The molecule has 2 aromatic heterocycles. The first-order chi connectivity index (χ1) is 18.5. The maximum absolute atomic E-state index is 12.9. The highest BCUT2D eigenvalue weighted by Gasteiger charge is 2.18. The van der Waals surface area contributed by atoms with Gasteiger partial charge in [0.1, 0.15) is 11.2 Å². The molecule has 0 aliphatic heterocycles. The van der Waals surface area contributed by atoms with E-state index < -0.39 is 20.0 Å². The summed E-state index contributed by atoms with van der Waals surface area (Å²) in [5, 5.41) is 0.357. The largest absolute Gasteiger partial charge is 0.462 e. The fourth-order valence-corrected chi connectivity index (χ4v) is 4.93. The third kappa shape index (κ3) is 7.79. The van der Waals surface area contributed by atoms with E-state index >= 15 is 0 Å². The van der Waals surface area contributed by atoms with Crippen molar-refractivity contribution in [2.24, 2.45) is 0 Å². The monoisotopic (exact) mass is 598 g/mol. The van der Waals surface area contributed by atoms with Crippen molar-refractivity contribution in [3.63, 3.8) is 0 Å². The van der Waals surface area contributed by atoms with Crippen molar-refractivity contribution in [3.05, 3.63) is 111 Å². The Kier molecular flexibility index (Phi) is 10.6. The standard InChI is InChI=1S/C28H28BrN2O6P/c1-2-31-18-25(26(32)24-16-23(29)17-30-27(24)31)28(33)34-14-9-15-35-38(36-19-21-10-5-3-6-11-21)37-20-22-12-7-4-8-13-22/h3-8,10-13,16-18H,2,9,14-15,19-20H2,1H3. The Balaban J connectivity index is 1.31. The number of benzene rings is 2. The Morgan fingerprint density at radius 1 is 0.947 bits per heavy atom. The minimum absolute atomic E-state index is 0.0280. The van der Waals surface area contributed by atoms with Crippen LogP contribution in [0.5, 0.6) is 0 Å². The van der Waals surface area contributed by atoms with Crippen LogP contribution in [0.3, 0.4) is 0 Å². The normalized spacial score (nSPS) is 11.2. The number of pyridine rings is 2. The molecule has 38 heavy (non-hydrogen) atoms. The van der Waals surface area contributed by atoms with Gasteiger partial charge in [-0.1, -0.05) is 60.7 Å². The first kappa shape index (κ1) is 28.1. The summed E-state index contributed by atoms with van der Waals surface area (Å²) in [6, 6.07) is 21.2. The SMILES string of the molecule is CCn1cc(C(=O)OCCCOP(OCc2ccccc2)OCc2ccccc2)c(=O)c2cc(Br)cnc21. The number of carbonyl (C=O) groups is 1. The number of hydrogen-bond donors (Lipinski definition) is 0. The van der Waals surface area contributed by atoms with Crippen LogP contribution in [0.15, 0.2) is 88.4 Å². The van der Waals surface area contributed by atoms with Crippen LogP contribution < -0.4 is 5.43 Å². The van der Waals surface area contributed by atoms with Gasteiger partial charge in [-0.25, -0.2) is 9.78 Å². The summed E-state index contributed by atoms with van der Waals surface area (Å²) in [6.45, 7) is 3.52. The molecule has 8 nitrogen and oxygen atoms in total. The third-order valence-corrected chi connectivity index (χ3v) is 7.02. The van der Waals surface area contributed by atoms with Crippen molar-refractivity contribution < 1.29 is 23.1 Å². The molecule has 4 aromatic rings. The lowest BCUT2D eigenvalue weighted by Crippen LogP contribution is -2.21. The molecular formula is C28H28BrN2O6P. The Labute approximate surface area is 230 Å². The van der Waals surface area contributed by atoms with Gasteiger partial charge in [-0.15, -0.1) is 0 Å². The van der Waals surface area contributed by atoms with Gasteiger partial charge in [-0.3, -0.25) is 4.79 Å². The number of hydrogen-bond acceptors (Lipinski definition) is 7. The highest BCUT2D eigenvalue weighted by molar-refractivity contribution is 9.10. The lowest BCUT2D eigenvalue weighted by molar-refractivity contribution is 0.0477. The summed E-state index contributed by atoms with van der Waals surface area (Å²) in [7, 11) is -1.62. The number of halogens is 1. The maximum Gasteiger partial charge on any atom is 0.343 e. The Morgan fingerprint density at radius 2 is 1.58 bits per heavy atom. The fraction of sp³-hybridized carbons (Fsp3) is 0.250. The molecule has 2 heterocycles. The van der Waals surface area contributed by atoms with Crippen LogP contribution in [0.1, 0.15) is 34.8 Å². The minimum Gasteiger partial charge on any atom is -0.462 e. The molecule has 0 fully saturated rings. The molecule has 0 aliphatic carbocycles. The Bertz CT molecular complexity index is 1360. The summed E-state index contributed by atoms with van der Waals surface area (Å²) >= 11 is 3.33. The van der Waals surface area contributed by atoms with Crippen molar-refractivity contribution in [3.8, 4) is 0 Å². The number of fused-ring (bicyclic) bond motifs is 1. The van der Waals surface area contributed by atoms with E-state index in [1.54, 1.807) is 16.8 Å². The van der Waals surface area contributed by atoms with Gasteiger partial charge in [0.15, 0.2) is 0 Å². The summed E-state index contributed by atoms with van der Waals surface area (Å²) in [5.74, 6) is -0.679. The summed E-state index contributed by atoms with van der Waals surface area (Å²) in [6.07, 6.45) is 3.53. The first-order valence-corrected chi connectivity index (χ1v) is 14.1. The maximum atomic E-state index is 12.9. The van der Waals surface area contributed by atoms with E-state index in [4.69, 9.17) is 18.3 Å². The second-order valence-electron chi connectivity index (χ2n) is 8.25. The van der Waals surface area contributed by atoms with Crippen molar-refractivity contribution >= 4 is 41.5 Å². The number of nitrogens with zero attached hydrogens (tertiary/aromatic N) is 2. The fourth-order valence-electron chi connectivity index (χ4n) is 3.59. The summed E-state index contributed by atoms with van der Waals surface area (Å²) < 4.78 is 25.5. The van der Waals surface area contributed by atoms with Crippen molar-refractivity contribution in [1.82, 2.24) is 9.55 Å². The highest BCUT2D eigenvalue weighted by Crippen LogP contribution is 2.41. The molecule has 0 N–H and O–H groups in total. The molecule has 0 saturated carbocycles. The van der Waals surface area contributed by atoms with E-state index in [2.05, 4.69) is 20.9 Å². The van der Waals surface area contributed by atoms with Crippen LogP contribution in [0.4, 0.5) is 0 Å². The van der Waals surface area contributed by atoms with Gasteiger partial charge in [0.2, 0.25) is 5.43 Å². The van der Waals surface area contributed by atoms with Gasteiger partial charge in [0.25, 0.3) is 0 Å². The second kappa shape index (κ2) is 14.3. The van der Waals surface area contributed by atoms with E-state index in [9.17, 15) is 9.59 Å². The van der Waals surface area contributed by atoms with E-state index in [1.165, 1.54) is 6.20 Å². The van der Waals surface area contributed by atoms with Crippen molar-refractivity contribution in [2.45, 2.75) is 33.1 Å². The molecule has 4 rings (SSSR count). The average Bonchev–Trinajstić information content (AvgIpc) is 2.95. The zero-order valence-electron chi connectivity index (χ0n) is 20.9. The van der Waals surface area contributed by atoms with Crippen LogP contribution in [0, 0.1) is 0 Å². The molecule has 0 aliphatic rings. The van der Waals surface area contributed by atoms with E-state index in [0.717, 1.165) is 11.1 Å². The molecule has 10 heteroatoms. The van der Waals surface area contributed by atoms with Crippen molar-refractivity contribution in [2.75, 3.05) is 13.2 Å². The third-order valence-electron chi connectivity index (χ3n) is 5.52. The van der Waals surface area contributed by atoms with Gasteiger partial charge in [-0.05, 0) is 40.0 Å². The highest BCUT2D eigenvalue weighted by atomic mass is 79.9. The number of carbonyl (C=O) groups excluding carboxylic acids is 1. The molecule has 0 spiro atoms. The van der Waals surface area contributed by atoms with E-state index in [0.29, 0.717) is 41.7 Å². The van der Waals surface area contributed by atoms with Gasteiger partial charge in [0, 0.05) is 29.8 Å². The summed E-state index contributed by atoms with van der Waals surface area (Å²) in [5.41, 5.74) is 2.10. The van der Waals surface area contributed by atoms with E-state index in [-0.39, 0.29) is 18.8 Å². The van der Waals surface area contributed by atoms with Crippen LogP contribution in [0.25, 0.3) is 11.0 Å². The molecule has 0 amide bonds. The minimum atomic E-state index is -1.62. The number of ether oxygens (including phenoxy) is 1. The lowest BCUT2D eigenvalue weighted by Gasteiger charge is -2.17. The van der Waals surface area contributed by atoms with Crippen LogP contribution >= 0.6 is 24.5 Å². The number of rotatable bonds is 13. The first-order valence-electron chi connectivity index (χ1n) is 12.2. The molecule has 0 bridgehead atoms. The van der Waals surface area contributed by atoms with Gasteiger partial charge < -0.3 is 22.9 Å². The Morgan fingerprint density at radius 3 is 2.18 bits per heavy atom. The van der Waals surface area contributed by atoms with Crippen molar-refractivity contribution in [1.29, 1.82) is 0 Å². The molecular weight excluding hydrogens is 571 g/mol. The van der Waals surface area contributed by atoms with Gasteiger partial charge >= 0.3 is 14.6 Å². The quantitative estimate of drug-likeness (QED) is 0.0998. The molecule has 0 atom stereocenters. The summed E-state index contributed by atoms with van der Waals surface area (Å²) in [4.78, 5) is 30.0. The smallest absolute Gasteiger partial charge is 0.343 e. The molecule has 0 unspecified atom stereocenters. The topological polar surface area (TPSA) is 88.9 Å². The lowest BCUT2D eigenvalue weighted by atomic mass is 10.2. The molecule has 0 radical (unpaired) electrons. The number of aryl methyl sites for hydroxylation is 1. The van der Waals surface area contributed by atoms with Gasteiger partial charge in [0.05, 0.1) is 31.8 Å². The second-order valence-corrected chi connectivity index (χ2v) is 10.4. The number of aromatic nitrogens is 2. The Hall–Kier alpha value is -2.94. The predicted molar refractivity (Wildman–Crippen MR) is 150 cm³/mol. The molecule has 2 aromatic carbocycles. The molecule has 0 saturated heterocycles. The zero-order valence-corrected chi connectivity index (χ0v) is 23.4. The van der Waals surface area contributed by atoms with E-state index in [1.807, 2.05) is 67.6 Å². The van der Waals surface area contributed by atoms with Crippen LogP contribution in [0.2, 0.25) is 0 Å². The zero-order chi connectivity index (χ0) is 26.7. The number of esters is 1. The predicted octanol–water partition coefficient (Wildman–Crippen LogP) is 6.40. The average molecular weight is 599 g/mol. The van der Waals surface area contributed by atoms with Crippen LogP contribution in [-0.4, -0.2) is 28.7 Å². The van der Waals surface area contributed by atoms with Crippen LogP contribution in [-0.2, 0) is 38.1 Å². The molecule has 198 valence electrons.